The van der Waals surface area contributed by atoms with Crippen LogP contribution in [0.2, 0.25) is 0 Å². The number of morpholine rings is 1. The van der Waals surface area contributed by atoms with Crippen LogP contribution in [0.3, 0.4) is 0 Å². The van der Waals surface area contributed by atoms with E-state index in [0.717, 1.165) is 32.2 Å². The van der Waals surface area contributed by atoms with E-state index in [1.807, 2.05) is 0 Å². The van der Waals surface area contributed by atoms with Crippen molar-refractivity contribution in [3.8, 4) is 0 Å². The smallest absolute Gasteiger partial charge is 0.183 e. The lowest BCUT2D eigenvalue weighted by atomic mass is 9.94. The summed E-state index contributed by atoms with van der Waals surface area (Å²) in [6, 6.07) is 0.601. The van der Waals surface area contributed by atoms with Gasteiger partial charge in [-0.15, -0.1) is 0 Å². The van der Waals surface area contributed by atoms with Gasteiger partial charge in [-0.1, -0.05) is 13.8 Å². The highest BCUT2D eigenvalue weighted by Crippen LogP contribution is 2.20. The summed E-state index contributed by atoms with van der Waals surface area (Å²) in [6.45, 7) is 12.4. The number of hydroxylamine groups is 1. The zero-order valence-corrected chi connectivity index (χ0v) is 16.6. The molecule has 4 heterocycles. The number of nitrogens with one attached hydrogen (secondary N) is 3. The van der Waals surface area contributed by atoms with Crippen LogP contribution < -0.4 is 21.0 Å². The highest BCUT2D eigenvalue weighted by Gasteiger charge is 2.44. The highest BCUT2D eigenvalue weighted by molar-refractivity contribution is 4.84. The largest absolute Gasteiger partial charge is 0.379 e. The van der Waals surface area contributed by atoms with Crippen molar-refractivity contribution in [2.75, 3.05) is 45.9 Å². The lowest BCUT2D eigenvalue weighted by Gasteiger charge is -2.37. The van der Waals surface area contributed by atoms with Gasteiger partial charge in [-0.05, 0) is 6.42 Å². The van der Waals surface area contributed by atoms with Gasteiger partial charge in [-0.3, -0.25) is 10.2 Å². The molecule has 4 fully saturated rings. The quantitative estimate of drug-likeness (QED) is 0.456. The molecule has 0 aromatic heterocycles. The van der Waals surface area contributed by atoms with Crippen molar-refractivity contribution in [1.82, 2.24) is 15.7 Å². The number of hydrogen-bond acceptors (Lipinski definition) is 5. The van der Waals surface area contributed by atoms with Crippen molar-refractivity contribution < 1.29 is 19.8 Å². The van der Waals surface area contributed by atoms with Crippen LogP contribution in [-0.2, 0) is 9.57 Å². The molecule has 4 rings (SSSR count). The summed E-state index contributed by atoms with van der Waals surface area (Å²) in [5.41, 5.74) is 3.34. The molecule has 0 amide bonds. The number of likely N-dealkylation sites (tertiary alicyclic amines) is 1. The second-order valence-electron chi connectivity index (χ2n) is 9.08. The van der Waals surface area contributed by atoms with E-state index in [1.54, 1.807) is 4.90 Å². The standard InChI is InChI=1S/C19H37N5O2/c1-14(2)13-24-7-3-4-16(24)19-21-18(22-26-19)15-5-6-17(20-12-15)23-8-10-25-11-9-23/h14-22H,3-13H2,1-2H3/p+2. The van der Waals surface area contributed by atoms with Crippen LogP contribution in [0.15, 0.2) is 0 Å². The number of nitrogens with zero attached hydrogens (tertiary/aromatic N) is 1. The van der Waals surface area contributed by atoms with Crippen molar-refractivity contribution in [1.29, 1.82) is 0 Å². The number of quaternary nitrogens is 2. The Hall–Kier alpha value is -0.280. The molecule has 4 aliphatic rings. The maximum Gasteiger partial charge on any atom is 0.183 e. The number of piperidine rings is 1. The van der Waals surface area contributed by atoms with Crippen molar-refractivity contribution in [3.63, 3.8) is 0 Å². The fourth-order valence-electron chi connectivity index (χ4n) is 5.40. The monoisotopic (exact) mass is 369 g/mol. The van der Waals surface area contributed by atoms with Crippen LogP contribution in [0.25, 0.3) is 0 Å². The number of hydrogen-bond donors (Lipinski definition) is 4. The Bertz CT molecular complexity index is 438. The van der Waals surface area contributed by atoms with Gasteiger partial charge < -0.3 is 15.0 Å². The van der Waals surface area contributed by atoms with Gasteiger partial charge in [0.2, 0.25) is 0 Å². The summed E-state index contributed by atoms with van der Waals surface area (Å²) in [6.07, 6.45) is 6.28. The van der Waals surface area contributed by atoms with E-state index < -0.39 is 0 Å². The average Bonchev–Trinajstić information content (AvgIpc) is 3.31. The molecule has 7 heteroatoms. The molecule has 0 spiro atoms. The molecule has 4 aliphatic heterocycles. The lowest BCUT2D eigenvalue weighted by Crippen LogP contribution is -3.15. The molecule has 150 valence electrons. The maximum absolute atomic E-state index is 6.03. The summed E-state index contributed by atoms with van der Waals surface area (Å²) < 4.78 is 5.49. The Balaban J connectivity index is 1.24. The zero-order valence-electron chi connectivity index (χ0n) is 16.6. The summed E-state index contributed by atoms with van der Waals surface area (Å²) in [4.78, 5) is 10.4. The minimum absolute atomic E-state index is 0.174. The summed E-state index contributed by atoms with van der Waals surface area (Å²) in [5, 5.41) is 6.34. The van der Waals surface area contributed by atoms with Crippen LogP contribution in [0, 0.1) is 11.8 Å². The van der Waals surface area contributed by atoms with Gasteiger partial charge in [0, 0.05) is 44.2 Å². The second kappa shape index (κ2) is 8.82. The Labute approximate surface area is 158 Å². The third-order valence-corrected chi connectivity index (χ3v) is 6.77. The number of ether oxygens (including phenoxy) is 1. The van der Waals surface area contributed by atoms with Gasteiger partial charge in [0.25, 0.3) is 0 Å². The normalized spacial score (nSPS) is 42.6. The topological polar surface area (TPSA) is 66.8 Å². The first-order valence-corrected chi connectivity index (χ1v) is 10.9. The van der Waals surface area contributed by atoms with Crippen LogP contribution in [-0.4, -0.2) is 75.4 Å². The molecular weight excluding hydrogens is 330 g/mol. The Morgan fingerprint density at radius 1 is 1.19 bits per heavy atom. The van der Waals surface area contributed by atoms with Crippen LogP contribution in [0.5, 0.6) is 0 Å². The molecule has 0 aromatic rings. The zero-order chi connectivity index (χ0) is 17.9. The summed E-state index contributed by atoms with van der Waals surface area (Å²) in [5.74, 6) is 1.40. The first-order valence-electron chi connectivity index (χ1n) is 10.9. The predicted octanol–water partition coefficient (Wildman–Crippen LogP) is -1.90. The van der Waals surface area contributed by atoms with E-state index in [4.69, 9.17) is 9.57 Å². The Morgan fingerprint density at radius 3 is 2.77 bits per heavy atom. The second-order valence-corrected chi connectivity index (χ2v) is 9.08. The summed E-state index contributed by atoms with van der Waals surface area (Å²) in [7, 11) is 0. The molecule has 0 aliphatic carbocycles. The van der Waals surface area contributed by atoms with Crippen molar-refractivity contribution in [3.05, 3.63) is 0 Å². The molecular formula is C19H39N5O2+2. The summed E-state index contributed by atoms with van der Waals surface area (Å²) >= 11 is 0. The molecule has 6 atom stereocenters. The Kier molecular flexibility index (Phi) is 6.46. The van der Waals surface area contributed by atoms with Crippen molar-refractivity contribution in [2.24, 2.45) is 11.8 Å². The van der Waals surface area contributed by atoms with E-state index in [-0.39, 0.29) is 6.23 Å². The van der Waals surface area contributed by atoms with E-state index >= 15 is 0 Å². The van der Waals surface area contributed by atoms with Crippen LogP contribution in [0.4, 0.5) is 0 Å². The molecule has 0 radical (unpaired) electrons. The van der Waals surface area contributed by atoms with Gasteiger partial charge in [-0.25, -0.2) is 4.90 Å². The van der Waals surface area contributed by atoms with Gasteiger partial charge in [0.05, 0.1) is 39.0 Å². The van der Waals surface area contributed by atoms with Gasteiger partial charge in [-0.2, -0.15) is 5.48 Å². The van der Waals surface area contributed by atoms with Crippen molar-refractivity contribution in [2.45, 2.75) is 64.1 Å². The minimum atomic E-state index is 0.174. The first kappa shape index (κ1) is 19.1. The molecule has 26 heavy (non-hydrogen) atoms. The van der Waals surface area contributed by atoms with Crippen molar-refractivity contribution >= 4 is 0 Å². The molecule has 0 saturated carbocycles. The molecule has 4 saturated heterocycles. The molecule has 0 aromatic carbocycles. The number of rotatable bonds is 5. The van der Waals surface area contributed by atoms with E-state index in [1.165, 1.54) is 45.3 Å². The van der Waals surface area contributed by atoms with Crippen LogP contribution in [0.1, 0.15) is 39.5 Å². The molecule has 6 unspecified atom stereocenters. The fraction of sp³-hybridized carbons (Fsp3) is 1.00. The van der Waals surface area contributed by atoms with Gasteiger partial charge in [0.1, 0.15) is 12.2 Å². The van der Waals surface area contributed by atoms with Gasteiger partial charge in [0.15, 0.2) is 6.23 Å². The SMILES string of the molecule is CC(C)C[NH+]1CCCC1C1NC(C2CCC(N3CCOCC3)[NH2+]C2)NO1. The van der Waals surface area contributed by atoms with E-state index in [9.17, 15) is 0 Å². The third kappa shape index (κ3) is 4.41. The lowest BCUT2D eigenvalue weighted by molar-refractivity contribution is -0.919. The highest BCUT2D eigenvalue weighted by atomic mass is 16.7. The van der Waals surface area contributed by atoms with E-state index in [2.05, 4.69) is 34.9 Å². The molecule has 7 nitrogen and oxygen atoms in total. The Morgan fingerprint density at radius 2 is 2.04 bits per heavy atom. The molecule has 0 bridgehead atoms. The fourth-order valence-corrected chi connectivity index (χ4v) is 5.40. The number of nitrogens with two attached hydrogens (primary N) is 1. The van der Waals surface area contributed by atoms with Crippen LogP contribution >= 0.6 is 0 Å². The first-order chi connectivity index (χ1) is 12.7. The maximum atomic E-state index is 6.03. The van der Waals surface area contributed by atoms with Gasteiger partial charge >= 0.3 is 0 Å². The molecule has 5 N–H and O–H groups in total. The average molecular weight is 370 g/mol. The third-order valence-electron chi connectivity index (χ3n) is 6.77. The predicted molar refractivity (Wildman–Crippen MR) is 99.2 cm³/mol. The van der Waals surface area contributed by atoms with E-state index in [0.29, 0.717) is 24.3 Å². The minimum Gasteiger partial charge on any atom is -0.379 e.